The summed E-state index contributed by atoms with van der Waals surface area (Å²) in [6, 6.07) is 14.4. The topological polar surface area (TPSA) is 56.8 Å². The molecule has 0 aliphatic carbocycles. The number of carbonyl (C=O) groups excluding carboxylic acids is 1. The summed E-state index contributed by atoms with van der Waals surface area (Å²) >= 11 is 0. The Kier molecular flexibility index (Phi) is 5.53. The van der Waals surface area contributed by atoms with Crippen molar-refractivity contribution < 1.29 is 19.0 Å². The summed E-state index contributed by atoms with van der Waals surface area (Å²) in [6.07, 6.45) is 1.000. The highest BCUT2D eigenvalue weighted by molar-refractivity contribution is 5.76. The average molecular weight is 381 g/mol. The zero-order chi connectivity index (χ0) is 19.5. The van der Waals surface area contributed by atoms with E-state index in [1.54, 1.807) is 0 Å². The molecule has 0 spiro atoms. The molecule has 0 bridgehead atoms. The van der Waals surface area contributed by atoms with Crippen molar-refractivity contribution in [3.05, 3.63) is 59.2 Å². The smallest absolute Gasteiger partial charge is 0.311 e. The first-order valence-corrected chi connectivity index (χ1v) is 10.1. The Labute approximate surface area is 166 Å². The fourth-order valence-corrected chi connectivity index (χ4v) is 4.18. The molecule has 2 aromatic carbocycles. The van der Waals surface area contributed by atoms with Crippen molar-refractivity contribution in [3.8, 4) is 11.5 Å². The number of carbonyl (C=O) groups is 1. The molecule has 0 aromatic heterocycles. The number of nitrogens with one attached hydrogen (secondary N) is 1. The first kappa shape index (κ1) is 18.8. The van der Waals surface area contributed by atoms with Gasteiger partial charge in [-0.25, -0.2) is 0 Å². The molecule has 0 unspecified atom stereocenters. The maximum absolute atomic E-state index is 12.9. The van der Waals surface area contributed by atoms with E-state index in [1.807, 2.05) is 25.1 Å². The Morgan fingerprint density at radius 3 is 2.46 bits per heavy atom. The summed E-state index contributed by atoms with van der Waals surface area (Å²) in [7, 11) is 0. The molecule has 1 N–H and O–H groups in total. The van der Waals surface area contributed by atoms with Gasteiger partial charge in [0.25, 0.3) is 0 Å². The third kappa shape index (κ3) is 3.59. The minimum Gasteiger partial charge on any atom is -0.486 e. The van der Waals surface area contributed by atoms with Gasteiger partial charge in [0.2, 0.25) is 0 Å². The average Bonchev–Trinajstić information content (AvgIpc) is 3.19. The quantitative estimate of drug-likeness (QED) is 0.802. The van der Waals surface area contributed by atoms with Crippen LogP contribution in [0, 0.1) is 5.92 Å². The van der Waals surface area contributed by atoms with Crippen LogP contribution in [0.5, 0.6) is 11.5 Å². The summed E-state index contributed by atoms with van der Waals surface area (Å²) in [5.41, 5.74) is 3.48. The summed E-state index contributed by atoms with van der Waals surface area (Å²) in [4.78, 5) is 12.9. The number of aryl methyl sites for hydroxylation is 1. The number of esters is 1. The van der Waals surface area contributed by atoms with Gasteiger partial charge in [-0.3, -0.25) is 4.79 Å². The highest BCUT2D eigenvalue weighted by Crippen LogP contribution is 2.43. The van der Waals surface area contributed by atoms with E-state index in [1.165, 1.54) is 5.56 Å². The van der Waals surface area contributed by atoms with Gasteiger partial charge in [-0.2, -0.15) is 0 Å². The van der Waals surface area contributed by atoms with Crippen LogP contribution in [0.1, 0.15) is 42.5 Å². The molecule has 0 radical (unpaired) electrons. The summed E-state index contributed by atoms with van der Waals surface area (Å²) in [5, 5.41) is 3.56. The van der Waals surface area contributed by atoms with Gasteiger partial charge in [0.1, 0.15) is 13.2 Å². The molecule has 28 heavy (non-hydrogen) atoms. The number of hydrogen-bond donors (Lipinski definition) is 1. The monoisotopic (exact) mass is 381 g/mol. The van der Waals surface area contributed by atoms with E-state index in [9.17, 15) is 4.79 Å². The number of rotatable bonds is 5. The molecule has 2 aliphatic rings. The zero-order valence-electron chi connectivity index (χ0n) is 16.4. The number of benzene rings is 2. The molecule has 2 aromatic rings. The van der Waals surface area contributed by atoms with Crippen molar-refractivity contribution in [1.29, 1.82) is 0 Å². The molecular weight excluding hydrogens is 354 g/mol. The molecule has 5 nitrogen and oxygen atoms in total. The van der Waals surface area contributed by atoms with Gasteiger partial charge in [0.15, 0.2) is 11.5 Å². The highest BCUT2D eigenvalue weighted by Gasteiger charge is 2.43. The molecule has 0 saturated carbocycles. The Balaban J connectivity index is 1.65. The lowest BCUT2D eigenvalue weighted by Crippen LogP contribution is -2.27. The molecular formula is C23H27NO4. The van der Waals surface area contributed by atoms with Gasteiger partial charge in [0.05, 0.1) is 12.5 Å². The Bertz CT molecular complexity index is 833. The second-order valence-electron chi connectivity index (χ2n) is 7.27. The molecule has 3 atom stereocenters. The molecule has 1 fully saturated rings. The van der Waals surface area contributed by atoms with Gasteiger partial charge in [-0.15, -0.1) is 0 Å². The lowest BCUT2D eigenvalue weighted by Gasteiger charge is -2.25. The molecule has 148 valence electrons. The maximum Gasteiger partial charge on any atom is 0.311 e. The van der Waals surface area contributed by atoms with Gasteiger partial charge in [-0.05, 0) is 42.2 Å². The lowest BCUT2D eigenvalue weighted by molar-refractivity contribution is -0.148. The van der Waals surface area contributed by atoms with Crippen LogP contribution in [0.25, 0.3) is 0 Å². The predicted octanol–water partition coefficient (Wildman–Crippen LogP) is 3.63. The van der Waals surface area contributed by atoms with Crippen molar-refractivity contribution in [1.82, 2.24) is 5.32 Å². The van der Waals surface area contributed by atoms with Gasteiger partial charge >= 0.3 is 5.97 Å². The fourth-order valence-electron chi connectivity index (χ4n) is 4.18. The van der Waals surface area contributed by atoms with Crippen molar-refractivity contribution in [2.24, 2.45) is 5.92 Å². The van der Waals surface area contributed by atoms with Crippen LogP contribution in [-0.2, 0) is 16.0 Å². The van der Waals surface area contributed by atoms with Crippen molar-refractivity contribution >= 4 is 5.97 Å². The fraction of sp³-hybridized carbons (Fsp3) is 0.435. The number of hydrogen-bond acceptors (Lipinski definition) is 5. The standard InChI is InChI=1S/C23H27NO4/c1-3-15-5-7-16(8-6-15)22-21(23(25)26-4-2)18(14-24-22)17-9-10-19-20(13-17)28-12-11-27-19/h5-10,13,18,21-22,24H,3-4,11-12,14H2,1-2H3/t18-,21+,22+/m1/s1. The van der Waals surface area contributed by atoms with Crippen LogP contribution in [0.3, 0.4) is 0 Å². The van der Waals surface area contributed by atoms with Crippen LogP contribution in [0.2, 0.25) is 0 Å². The van der Waals surface area contributed by atoms with Crippen molar-refractivity contribution in [2.45, 2.75) is 32.2 Å². The molecule has 2 aliphatic heterocycles. The molecule has 5 heteroatoms. The van der Waals surface area contributed by atoms with Crippen LogP contribution >= 0.6 is 0 Å². The first-order valence-electron chi connectivity index (χ1n) is 10.1. The molecule has 1 saturated heterocycles. The molecule has 2 heterocycles. The Morgan fingerprint density at radius 2 is 1.75 bits per heavy atom. The minimum absolute atomic E-state index is 0.0192. The van der Waals surface area contributed by atoms with E-state index in [0.717, 1.165) is 29.0 Å². The van der Waals surface area contributed by atoms with E-state index in [0.29, 0.717) is 26.4 Å². The third-order valence-electron chi connectivity index (χ3n) is 5.65. The van der Waals surface area contributed by atoms with Crippen molar-refractivity contribution in [3.63, 3.8) is 0 Å². The van der Waals surface area contributed by atoms with Crippen LogP contribution < -0.4 is 14.8 Å². The van der Waals surface area contributed by atoms with Crippen LogP contribution in [-0.4, -0.2) is 32.3 Å². The number of ether oxygens (including phenoxy) is 3. The minimum atomic E-state index is -0.282. The maximum atomic E-state index is 12.9. The van der Waals surface area contributed by atoms with Gasteiger partial charge in [0, 0.05) is 18.5 Å². The SMILES string of the molecule is CCOC(=O)[C@H]1[C@@H](c2ccc3c(c2)OCCO3)CN[C@H]1c1ccc(CC)cc1. The Morgan fingerprint density at radius 1 is 1.04 bits per heavy atom. The van der Waals surface area contributed by atoms with Gasteiger partial charge in [-0.1, -0.05) is 37.3 Å². The summed E-state index contributed by atoms with van der Waals surface area (Å²) < 4.78 is 16.8. The lowest BCUT2D eigenvalue weighted by atomic mass is 9.82. The highest BCUT2D eigenvalue weighted by atomic mass is 16.6. The zero-order valence-corrected chi connectivity index (χ0v) is 16.4. The molecule has 4 rings (SSSR count). The normalized spacial score (nSPS) is 23.4. The van der Waals surface area contributed by atoms with Crippen LogP contribution in [0.15, 0.2) is 42.5 Å². The summed E-state index contributed by atoms with van der Waals surface area (Å²) in [5.74, 6) is 1.10. The van der Waals surface area contributed by atoms with Crippen molar-refractivity contribution in [2.75, 3.05) is 26.4 Å². The second kappa shape index (κ2) is 8.23. The van der Waals surface area contributed by atoms with E-state index in [4.69, 9.17) is 14.2 Å². The van der Waals surface area contributed by atoms with Gasteiger partial charge < -0.3 is 19.5 Å². The van der Waals surface area contributed by atoms with E-state index in [-0.39, 0.29) is 23.8 Å². The summed E-state index contributed by atoms with van der Waals surface area (Å²) in [6.45, 7) is 6.20. The first-order chi connectivity index (χ1) is 13.7. The second-order valence-corrected chi connectivity index (χ2v) is 7.27. The largest absolute Gasteiger partial charge is 0.486 e. The molecule has 0 amide bonds. The van der Waals surface area contributed by atoms with Crippen LogP contribution in [0.4, 0.5) is 0 Å². The predicted molar refractivity (Wildman–Crippen MR) is 107 cm³/mol. The number of fused-ring (bicyclic) bond motifs is 1. The van der Waals surface area contributed by atoms with E-state index < -0.39 is 0 Å². The van der Waals surface area contributed by atoms with E-state index >= 15 is 0 Å². The van der Waals surface area contributed by atoms with E-state index in [2.05, 4.69) is 36.5 Å². The third-order valence-corrected chi connectivity index (χ3v) is 5.65. The Hall–Kier alpha value is -2.53.